The number of nitrogens with one attached hydrogen (secondary N) is 2. The van der Waals surface area contributed by atoms with Gasteiger partial charge in [-0.2, -0.15) is 4.31 Å². The van der Waals surface area contributed by atoms with Gasteiger partial charge >= 0.3 is 0 Å². The van der Waals surface area contributed by atoms with Gasteiger partial charge in [0, 0.05) is 23.1 Å². The smallest absolute Gasteiger partial charge is 0.279 e. The van der Waals surface area contributed by atoms with E-state index in [1.54, 1.807) is 39.0 Å². The lowest BCUT2D eigenvalue weighted by atomic mass is 10.2. The number of carbonyl (C=O) groups excluding carboxylic acids is 2. The molecule has 0 saturated carbocycles. The van der Waals surface area contributed by atoms with Crippen molar-refractivity contribution in [3.8, 4) is 5.75 Å². The van der Waals surface area contributed by atoms with E-state index in [9.17, 15) is 18.0 Å². The molecule has 30 heavy (non-hydrogen) atoms. The van der Waals surface area contributed by atoms with Gasteiger partial charge in [0.05, 0.1) is 4.90 Å². The standard InChI is InChI=1S/C20H24BrN3O5S/c1-13(2)24(4)30(27,28)18-10-8-15(9-11-18)20(26)23-22-19(25)14(3)29-17-7-5-6-16(21)12-17/h5-14H,1-4H3,(H,22,25)(H,23,26). The second kappa shape index (κ2) is 10.1. The molecule has 162 valence electrons. The van der Waals surface area contributed by atoms with Gasteiger partial charge in [-0.3, -0.25) is 20.4 Å². The van der Waals surface area contributed by atoms with E-state index in [-0.39, 0.29) is 16.5 Å². The minimum atomic E-state index is -3.64. The number of sulfonamides is 1. The maximum Gasteiger partial charge on any atom is 0.279 e. The number of ether oxygens (including phenoxy) is 1. The summed E-state index contributed by atoms with van der Waals surface area (Å²) in [4.78, 5) is 24.5. The van der Waals surface area contributed by atoms with Crippen molar-refractivity contribution in [2.75, 3.05) is 7.05 Å². The Bertz CT molecular complexity index is 1010. The van der Waals surface area contributed by atoms with Crippen molar-refractivity contribution in [1.82, 2.24) is 15.2 Å². The molecule has 0 bridgehead atoms. The zero-order valence-corrected chi connectivity index (χ0v) is 19.5. The van der Waals surface area contributed by atoms with Crippen molar-refractivity contribution in [2.45, 2.75) is 37.8 Å². The number of benzene rings is 2. The van der Waals surface area contributed by atoms with Gasteiger partial charge in [-0.15, -0.1) is 0 Å². The number of hydrogen-bond donors (Lipinski definition) is 2. The quantitative estimate of drug-likeness (QED) is 0.572. The molecule has 0 aliphatic heterocycles. The van der Waals surface area contributed by atoms with Gasteiger partial charge in [0.15, 0.2) is 6.10 Å². The van der Waals surface area contributed by atoms with Crippen LogP contribution in [0, 0.1) is 0 Å². The average Bonchev–Trinajstić information content (AvgIpc) is 2.71. The fourth-order valence-corrected chi connectivity index (χ4v) is 4.06. The summed E-state index contributed by atoms with van der Waals surface area (Å²) in [6.07, 6.45) is -0.848. The van der Waals surface area contributed by atoms with Crippen LogP contribution in [-0.4, -0.2) is 43.7 Å². The molecular formula is C20H24BrN3O5S. The van der Waals surface area contributed by atoms with E-state index in [0.717, 1.165) is 4.47 Å². The van der Waals surface area contributed by atoms with Crippen LogP contribution in [0.1, 0.15) is 31.1 Å². The molecule has 0 spiro atoms. The van der Waals surface area contributed by atoms with Gasteiger partial charge in [0.25, 0.3) is 11.8 Å². The van der Waals surface area contributed by atoms with Crippen LogP contribution < -0.4 is 15.6 Å². The molecule has 0 aliphatic rings. The molecule has 10 heteroatoms. The highest BCUT2D eigenvalue weighted by Crippen LogP contribution is 2.19. The molecule has 2 N–H and O–H groups in total. The van der Waals surface area contributed by atoms with Gasteiger partial charge < -0.3 is 4.74 Å². The Labute approximate surface area is 184 Å². The Morgan fingerprint density at radius 1 is 1.03 bits per heavy atom. The van der Waals surface area contributed by atoms with Crippen LogP contribution in [0.4, 0.5) is 0 Å². The lowest BCUT2D eigenvalue weighted by molar-refractivity contribution is -0.128. The van der Waals surface area contributed by atoms with Crippen LogP contribution in [0.25, 0.3) is 0 Å². The number of rotatable bonds is 7. The summed E-state index contributed by atoms with van der Waals surface area (Å²) >= 11 is 3.32. The summed E-state index contributed by atoms with van der Waals surface area (Å²) < 4.78 is 32.5. The first-order valence-corrected chi connectivity index (χ1v) is 11.4. The Hall–Kier alpha value is -2.43. The van der Waals surface area contributed by atoms with Crippen LogP contribution in [-0.2, 0) is 14.8 Å². The summed E-state index contributed by atoms with van der Waals surface area (Å²) in [5.74, 6) is -0.623. The molecule has 0 heterocycles. The Kier molecular flexibility index (Phi) is 7.99. The number of hydrazine groups is 1. The van der Waals surface area contributed by atoms with Crippen molar-refractivity contribution >= 4 is 37.8 Å². The largest absolute Gasteiger partial charge is 0.481 e. The first-order valence-electron chi connectivity index (χ1n) is 9.13. The highest BCUT2D eigenvalue weighted by Gasteiger charge is 2.23. The molecule has 0 radical (unpaired) electrons. The summed E-state index contributed by atoms with van der Waals surface area (Å²) in [5, 5.41) is 0. The SMILES string of the molecule is CC(Oc1cccc(Br)c1)C(=O)NNC(=O)c1ccc(S(=O)(=O)N(C)C(C)C)cc1. The second-order valence-electron chi connectivity index (χ2n) is 6.80. The number of nitrogens with zero attached hydrogens (tertiary/aromatic N) is 1. The predicted molar refractivity (Wildman–Crippen MR) is 116 cm³/mol. The molecule has 0 aliphatic carbocycles. The average molecular weight is 498 g/mol. The zero-order valence-electron chi connectivity index (χ0n) is 17.0. The van der Waals surface area contributed by atoms with Gasteiger partial charge in [-0.1, -0.05) is 22.0 Å². The summed E-state index contributed by atoms with van der Waals surface area (Å²) in [5.41, 5.74) is 4.78. The Morgan fingerprint density at radius 2 is 1.67 bits per heavy atom. The van der Waals surface area contributed by atoms with E-state index < -0.39 is 27.9 Å². The maximum absolute atomic E-state index is 12.5. The monoisotopic (exact) mass is 497 g/mol. The van der Waals surface area contributed by atoms with Crippen LogP contribution >= 0.6 is 15.9 Å². The molecule has 2 amide bonds. The molecular weight excluding hydrogens is 474 g/mol. The third kappa shape index (κ3) is 6.04. The van der Waals surface area contributed by atoms with Gasteiger partial charge in [0.1, 0.15) is 5.75 Å². The van der Waals surface area contributed by atoms with E-state index in [1.807, 2.05) is 6.07 Å². The molecule has 2 aromatic carbocycles. The summed E-state index contributed by atoms with van der Waals surface area (Å²) in [6, 6.07) is 12.3. The number of halogens is 1. The lowest BCUT2D eigenvalue weighted by Crippen LogP contribution is -2.47. The normalized spacial score (nSPS) is 12.5. The third-order valence-electron chi connectivity index (χ3n) is 4.30. The van der Waals surface area contributed by atoms with Crippen molar-refractivity contribution < 1.29 is 22.7 Å². The van der Waals surface area contributed by atoms with Crippen molar-refractivity contribution in [3.05, 3.63) is 58.6 Å². The fraction of sp³-hybridized carbons (Fsp3) is 0.300. The van der Waals surface area contributed by atoms with Crippen LogP contribution in [0.5, 0.6) is 5.75 Å². The molecule has 0 fully saturated rings. The first-order chi connectivity index (χ1) is 14.0. The van der Waals surface area contributed by atoms with Crippen molar-refractivity contribution in [3.63, 3.8) is 0 Å². The van der Waals surface area contributed by atoms with Crippen molar-refractivity contribution in [2.24, 2.45) is 0 Å². The Morgan fingerprint density at radius 3 is 2.23 bits per heavy atom. The van der Waals surface area contributed by atoms with E-state index >= 15 is 0 Å². The lowest BCUT2D eigenvalue weighted by Gasteiger charge is -2.21. The highest BCUT2D eigenvalue weighted by atomic mass is 79.9. The van der Waals surface area contributed by atoms with E-state index in [1.165, 1.54) is 35.6 Å². The zero-order chi connectivity index (χ0) is 22.5. The number of amides is 2. The molecule has 0 saturated heterocycles. The third-order valence-corrected chi connectivity index (χ3v) is 6.84. The molecule has 2 aromatic rings. The fourth-order valence-electron chi connectivity index (χ4n) is 2.31. The van der Waals surface area contributed by atoms with Crippen LogP contribution in [0.15, 0.2) is 57.9 Å². The predicted octanol–water partition coefficient (Wildman–Crippen LogP) is 2.71. The number of carbonyl (C=O) groups is 2. The topological polar surface area (TPSA) is 105 Å². The van der Waals surface area contributed by atoms with E-state index in [2.05, 4.69) is 26.8 Å². The van der Waals surface area contributed by atoms with Crippen LogP contribution in [0.2, 0.25) is 0 Å². The maximum atomic E-state index is 12.5. The molecule has 1 unspecified atom stereocenters. The number of hydrogen-bond acceptors (Lipinski definition) is 5. The van der Waals surface area contributed by atoms with Crippen molar-refractivity contribution in [1.29, 1.82) is 0 Å². The second-order valence-corrected chi connectivity index (χ2v) is 9.71. The molecule has 1 atom stereocenters. The van der Waals surface area contributed by atoms with Gasteiger partial charge in [-0.25, -0.2) is 8.42 Å². The van der Waals surface area contributed by atoms with Gasteiger partial charge in [0.2, 0.25) is 10.0 Å². The van der Waals surface area contributed by atoms with Crippen LogP contribution in [0.3, 0.4) is 0 Å². The van der Waals surface area contributed by atoms with Gasteiger partial charge in [-0.05, 0) is 63.2 Å². The summed E-state index contributed by atoms with van der Waals surface area (Å²) in [7, 11) is -2.14. The highest BCUT2D eigenvalue weighted by molar-refractivity contribution is 9.10. The molecule has 8 nitrogen and oxygen atoms in total. The minimum absolute atomic E-state index is 0.0790. The molecule has 2 rings (SSSR count). The Balaban J connectivity index is 1.95. The minimum Gasteiger partial charge on any atom is -0.481 e. The van der Waals surface area contributed by atoms with E-state index in [4.69, 9.17) is 4.74 Å². The summed E-state index contributed by atoms with van der Waals surface area (Å²) in [6.45, 7) is 5.08. The first kappa shape index (κ1) is 23.8. The molecule has 0 aromatic heterocycles. The van der Waals surface area contributed by atoms with E-state index in [0.29, 0.717) is 5.75 Å².